The van der Waals surface area contributed by atoms with Crippen molar-refractivity contribution < 1.29 is 19.4 Å². The monoisotopic (exact) mass is 853 g/mol. The second-order valence-corrected chi connectivity index (χ2v) is 15.0. The van der Waals surface area contributed by atoms with Crippen LogP contribution in [0.5, 0.6) is 0 Å². The van der Waals surface area contributed by atoms with Crippen molar-refractivity contribution in [3.8, 4) is 39.2 Å². The minimum atomic E-state index is -0.00716. The van der Waals surface area contributed by atoms with Gasteiger partial charge in [0.25, 0.3) is 0 Å². The van der Waals surface area contributed by atoms with Gasteiger partial charge in [0.2, 0.25) is 0 Å². The SMILES string of the molecule is Cn1[c](=[Pt])n(-c2[c-]c(N(c3[c-]c(-c4cc(C(C)(C)C)ccn4)ccc3)c3c(-c4ccccc4)cccc3-c3ccccc3)ccc2)c2ccccc21. The first-order valence-electron chi connectivity index (χ1n) is 17.5. The molecule has 0 atom stereocenters. The van der Waals surface area contributed by atoms with Crippen molar-refractivity contribution in [3.05, 3.63) is 179 Å². The molecule has 2 heterocycles. The summed E-state index contributed by atoms with van der Waals surface area (Å²) in [6.07, 6.45) is 1.91. The fraction of sp³-hybridized carbons (Fsp3) is 0.106. The minimum absolute atomic E-state index is 0.00716. The fourth-order valence-corrected chi connectivity index (χ4v) is 7.66. The molecule has 2 aromatic heterocycles. The Morgan fingerprint density at radius 2 is 1.19 bits per heavy atom. The van der Waals surface area contributed by atoms with Crippen LogP contribution in [-0.2, 0) is 31.8 Å². The van der Waals surface area contributed by atoms with Crippen LogP contribution in [0.1, 0.15) is 26.3 Å². The molecule has 4 nitrogen and oxygen atoms in total. The second-order valence-electron chi connectivity index (χ2n) is 13.9. The van der Waals surface area contributed by atoms with E-state index in [0.717, 1.165) is 71.1 Å². The van der Waals surface area contributed by atoms with Crippen LogP contribution in [0.15, 0.2) is 158 Å². The zero-order valence-corrected chi connectivity index (χ0v) is 31.9. The summed E-state index contributed by atoms with van der Waals surface area (Å²) in [6.45, 7) is 6.70. The number of hydrogen-bond donors (Lipinski definition) is 0. The number of nitrogens with zero attached hydrogens (tertiary/aromatic N) is 4. The molecule has 52 heavy (non-hydrogen) atoms. The van der Waals surface area contributed by atoms with Crippen LogP contribution >= 0.6 is 0 Å². The van der Waals surface area contributed by atoms with Gasteiger partial charge in [0.1, 0.15) is 0 Å². The molecule has 0 aliphatic heterocycles. The molecule has 5 heteroatoms. The van der Waals surface area contributed by atoms with Gasteiger partial charge in [-0.15, -0.1) is 0 Å². The van der Waals surface area contributed by atoms with Gasteiger partial charge in [-0.1, -0.05) is 20.8 Å². The number of hydrogen-bond acceptors (Lipinski definition) is 2. The molecule has 0 fully saturated rings. The number of aromatic nitrogens is 3. The van der Waals surface area contributed by atoms with E-state index in [0.29, 0.717) is 0 Å². The van der Waals surface area contributed by atoms with E-state index in [9.17, 15) is 0 Å². The Hall–Kier alpha value is -5.57. The summed E-state index contributed by atoms with van der Waals surface area (Å²) in [5.41, 5.74) is 13.6. The van der Waals surface area contributed by atoms with E-state index >= 15 is 0 Å². The maximum absolute atomic E-state index is 4.83. The third-order valence-electron chi connectivity index (χ3n) is 9.51. The van der Waals surface area contributed by atoms with Crippen molar-refractivity contribution in [1.82, 2.24) is 14.1 Å². The molecule has 0 aliphatic rings. The standard InChI is InChI=1S/C47H38N4.Pt/c1-47(2,3)37-28-29-48-43(31-37)36-20-13-22-39(30-36)51(40-23-14-21-38(32-40)50-33-49(4)44-26-11-12-27-45(44)50)46-41(34-16-7-5-8-17-34)24-15-25-42(46)35-18-9-6-10-19-35;/h5-29,31H,1-4H3;/q-2;. The van der Waals surface area contributed by atoms with Gasteiger partial charge in [-0.25, -0.2) is 0 Å². The number of imidazole rings is 1. The maximum atomic E-state index is 4.83. The van der Waals surface area contributed by atoms with Gasteiger partial charge in [0, 0.05) is 0 Å². The van der Waals surface area contributed by atoms with Gasteiger partial charge in [0.15, 0.2) is 0 Å². The van der Waals surface area contributed by atoms with Crippen molar-refractivity contribution in [1.29, 1.82) is 0 Å². The quantitative estimate of drug-likeness (QED) is 0.149. The van der Waals surface area contributed by atoms with Gasteiger partial charge < -0.3 is 0 Å². The number of pyridine rings is 1. The Kier molecular flexibility index (Phi) is 8.95. The first-order chi connectivity index (χ1) is 25.3. The molecule has 0 saturated carbocycles. The van der Waals surface area contributed by atoms with Crippen LogP contribution in [0.25, 0.3) is 50.2 Å². The van der Waals surface area contributed by atoms with Gasteiger partial charge in [-0.3, -0.25) is 0 Å². The molecular weight excluding hydrogens is 816 g/mol. The first-order valence-corrected chi connectivity index (χ1v) is 18.6. The molecule has 8 aromatic rings. The Balaban J connectivity index is 1.42. The van der Waals surface area contributed by atoms with Crippen LogP contribution in [0.2, 0.25) is 0 Å². The van der Waals surface area contributed by atoms with E-state index in [4.69, 9.17) is 4.98 Å². The van der Waals surface area contributed by atoms with Crippen molar-refractivity contribution in [2.24, 2.45) is 7.05 Å². The van der Waals surface area contributed by atoms with Crippen LogP contribution in [-0.4, -0.2) is 14.1 Å². The summed E-state index contributed by atoms with van der Waals surface area (Å²) in [4.78, 5) is 7.15. The van der Waals surface area contributed by atoms with Gasteiger partial charge in [-0.2, -0.15) is 0 Å². The number of aryl methyl sites for hydroxylation is 1. The van der Waals surface area contributed by atoms with Gasteiger partial charge in [-0.05, 0) is 11.5 Å². The summed E-state index contributed by atoms with van der Waals surface area (Å²) in [5, 5.41) is 0. The van der Waals surface area contributed by atoms with Crippen LogP contribution in [0, 0.1) is 15.9 Å². The van der Waals surface area contributed by atoms with E-state index in [1.807, 2.05) is 6.20 Å². The predicted octanol–water partition coefficient (Wildman–Crippen LogP) is 11.8. The summed E-state index contributed by atoms with van der Waals surface area (Å²) in [6, 6.07) is 61.2. The molecule has 6 aromatic carbocycles. The second kappa shape index (κ2) is 13.9. The van der Waals surface area contributed by atoms with Gasteiger partial charge in [0.05, 0.1) is 0 Å². The summed E-state index contributed by atoms with van der Waals surface area (Å²) < 4.78 is 5.60. The molecule has 0 N–H and O–H groups in total. The van der Waals surface area contributed by atoms with E-state index in [1.165, 1.54) is 5.56 Å². The van der Waals surface area contributed by atoms with E-state index in [1.54, 1.807) is 0 Å². The summed E-state index contributed by atoms with van der Waals surface area (Å²) >= 11 is 2.42. The summed E-state index contributed by atoms with van der Waals surface area (Å²) in [7, 11) is 2.11. The van der Waals surface area contributed by atoms with Gasteiger partial charge >= 0.3 is 286 Å². The van der Waals surface area contributed by atoms with Crippen LogP contribution in [0.4, 0.5) is 17.1 Å². The average molecular weight is 854 g/mol. The first kappa shape index (κ1) is 33.6. The van der Waals surface area contributed by atoms with E-state index in [-0.39, 0.29) is 5.41 Å². The average Bonchev–Trinajstić information content (AvgIpc) is 3.44. The van der Waals surface area contributed by atoms with E-state index in [2.05, 4.69) is 225 Å². The third-order valence-corrected chi connectivity index (χ3v) is 10.8. The topological polar surface area (TPSA) is 26.0 Å². The molecule has 8 rings (SSSR count). The Labute approximate surface area is 316 Å². The molecule has 0 spiro atoms. The fourth-order valence-electron chi connectivity index (χ4n) is 6.84. The van der Waals surface area contributed by atoms with Crippen molar-refractivity contribution in [2.75, 3.05) is 4.90 Å². The van der Waals surface area contributed by atoms with E-state index < -0.39 is 0 Å². The van der Waals surface area contributed by atoms with Crippen molar-refractivity contribution in [3.63, 3.8) is 0 Å². The number of rotatable bonds is 7. The van der Waals surface area contributed by atoms with Crippen molar-refractivity contribution in [2.45, 2.75) is 26.2 Å². The predicted molar refractivity (Wildman–Crippen MR) is 211 cm³/mol. The third kappa shape index (κ3) is 6.29. The normalized spacial score (nSPS) is 11.6. The number of fused-ring (bicyclic) bond motifs is 1. The molecule has 0 saturated heterocycles. The Bertz CT molecular complexity index is 2540. The molecule has 0 aliphatic carbocycles. The zero-order chi connectivity index (χ0) is 35.8. The Morgan fingerprint density at radius 3 is 1.85 bits per heavy atom. The molecule has 0 amide bonds. The Morgan fingerprint density at radius 1 is 0.615 bits per heavy atom. The molecule has 0 bridgehead atoms. The molecule has 258 valence electrons. The number of benzene rings is 6. The van der Waals surface area contributed by atoms with Crippen LogP contribution < -0.4 is 4.90 Å². The molecule has 0 unspecified atom stereocenters. The van der Waals surface area contributed by atoms with Crippen molar-refractivity contribution >= 4 is 28.1 Å². The molecular formula is C47H38N4Pt-2. The zero-order valence-electron chi connectivity index (χ0n) is 29.6. The molecule has 0 radical (unpaired) electrons. The summed E-state index contributed by atoms with van der Waals surface area (Å²) in [5.74, 6) is 0. The number of anilines is 3. The number of para-hydroxylation sites is 3. The van der Waals surface area contributed by atoms with Crippen LogP contribution in [0.3, 0.4) is 0 Å².